The normalized spacial score (nSPS) is 12.4. The van der Waals surface area contributed by atoms with Gasteiger partial charge in [-0.1, -0.05) is 23.5 Å². The van der Waals surface area contributed by atoms with Gasteiger partial charge in [-0.05, 0) is 17.7 Å². The van der Waals surface area contributed by atoms with Crippen molar-refractivity contribution in [1.29, 1.82) is 0 Å². The number of nitrogens with zero attached hydrogens (tertiary/aromatic N) is 2. The van der Waals surface area contributed by atoms with E-state index in [2.05, 4.69) is 15.5 Å². The summed E-state index contributed by atoms with van der Waals surface area (Å²) in [5.74, 6) is 0. The minimum absolute atomic E-state index is 0.0258. The Morgan fingerprint density at radius 2 is 1.81 bits per heavy atom. The maximum Gasteiger partial charge on any atom is 0.445 e. The number of anilines is 1. The van der Waals surface area contributed by atoms with E-state index in [4.69, 9.17) is 5.14 Å². The SMILES string of the molecule is NS(=O)(=O)c1ccc(CNc2nnc(C(F)(F)F)s2)cc1. The molecule has 0 aliphatic carbocycles. The molecule has 114 valence electrons. The summed E-state index contributed by atoms with van der Waals surface area (Å²) in [6.45, 7) is 0.178. The second-order valence-electron chi connectivity index (χ2n) is 3.95. The average molecular weight is 338 g/mol. The lowest BCUT2D eigenvalue weighted by Crippen LogP contribution is -2.12. The highest BCUT2D eigenvalue weighted by Gasteiger charge is 2.35. The van der Waals surface area contributed by atoms with E-state index in [-0.39, 0.29) is 16.6 Å². The van der Waals surface area contributed by atoms with Crippen molar-refractivity contribution >= 4 is 26.5 Å². The second kappa shape index (κ2) is 5.58. The number of rotatable bonds is 4. The number of halogens is 3. The zero-order valence-electron chi connectivity index (χ0n) is 10.3. The summed E-state index contributed by atoms with van der Waals surface area (Å²) in [4.78, 5) is -0.0403. The minimum Gasteiger partial charge on any atom is -0.356 e. The standard InChI is InChI=1S/C10H9F3N4O2S2/c11-10(12,13)8-16-17-9(20-8)15-5-6-1-3-7(4-2-6)21(14,18)19/h1-4H,5H2,(H,15,17)(H2,14,18,19). The molecule has 0 saturated carbocycles. The summed E-state index contributed by atoms with van der Waals surface area (Å²) in [7, 11) is -3.77. The smallest absolute Gasteiger partial charge is 0.356 e. The average Bonchev–Trinajstić information content (AvgIpc) is 2.84. The lowest BCUT2D eigenvalue weighted by atomic mass is 10.2. The van der Waals surface area contributed by atoms with Gasteiger partial charge in [0, 0.05) is 6.54 Å². The lowest BCUT2D eigenvalue weighted by molar-refractivity contribution is -0.138. The third kappa shape index (κ3) is 4.12. The Labute approximate surface area is 121 Å². The van der Waals surface area contributed by atoms with Crippen molar-refractivity contribution in [2.45, 2.75) is 17.6 Å². The van der Waals surface area contributed by atoms with Crippen LogP contribution >= 0.6 is 11.3 Å². The molecule has 3 N–H and O–H groups in total. The van der Waals surface area contributed by atoms with Crippen LogP contribution in [0.3, 0.4) is 0 Å². The van der Waals surface area contributed by atoms with Gasteiger partial charge < -0.3 is 5.32 Å². The fourth-order valence-electron chi connectivity index (χ4n) is 1.38. The van der Waals surface area contributed by atoms with Gasteiger partial charge in [-0.25, -0.2) is 13.6 Å². The van der Waals surface area contributed by atoms with E-state index in [0.717, 1.165) is 0 Å². The summed E-state index contributed by atoms with van der Waals surface area (Å²) in [5.41, 5.74) is 0.658. The molecule has 0 spiro atoms. The molecule has 0 amide bonds. The number of aromatic nitrogens is 2. The van der Waals surface area contributed by atoms with Crippen LogP contribution in [0, 0.1) is 0 Å². The fraction of sp³-hybridized carbons (Fsp3) is 0.200. The number of alkyl halides is 3. The highest BCUT2D eigenvalue weighted by Crippen LogP contribution is 2.33. The topological polar surface area (TPSA) is 98.0 Å². The number of nitrogens with two attached hydrogens (primary N) is 1. The zero-order chi connectivity index (χ0) is 15.7. The van der Waals surface area contributed by atoms with E-state index in [1.807, 2.05) is 0 Å². The number of primary sulfonamides is 1. The molecule has 21 heavy (non-hydrogen) atoms. The predicted molar refractivity (Wildman–Crippen MR) is 70.1 cm³/mol. The van der Waals surface area contributed by atoms with Crippen LogP contribution in [0.15, 0.2) is 29.2 Å². The third-order valence-electron chi connectivity index (χ3n) is 2.36. The first-order valence-corrected chi connectivity index (χ1v) is 7.79. The molecule has 0 fully saturated rings. The van der Waals surface area contributed by atoms with Gasteiger partial charge in [-0.2, -0.15) is 13.2 Å². The van der Waals surface area contributed by atoms with Crippen molar-refractivity contribution in [3.05, 3.63) is 34.8 Å². The summed E-state index contributed by atoms with van der Waals surface area (Å²) in [6.07, 6.45) is -4.52. The monoisotopic (exact) mass is 338 g/mol. The Hall–Kier alpha value is -1.72. The Morgan fingerprint density at radius 1 is 1.19 bits per heavy atom. The van der Waals surface area contributed by atoms with Crippen molar-refractivity contribution in [3.8, 4) is 0 Å². The molecule has 0 atom stereocenters. The molecule has 1 aromatic carbocycles. The van der Waals surface area contributed by atoms with E-state index in [0.29, 0.717) is 16.9 Å². The molecule has 2 rings (SSSR count). The van der Waals surface area contributed by atoms with Crippen LogP contribution in [-0.4, -0.2) is 18.6 Å². The largest absolute Gasteiger partial charge is 0.445 e. The van der Waals surface area contributed by atoms with E-state index in [9.17, 15) is 21.6 Å². The van der Waals surface area contributed by atoms with Gasteiger partial charge in [0.25, 0.3) is 0 Å². The van der Waals surface area contributed by atoms with E-state index >= 15 is 0 Å². The van der Waals surface area contributed by atoms with Gasteiger partial charge in [-0.3, -0.25) is 0 Å². The summed E-state index contributed by atoms with van der Waals surface area (Å²) >= 11 is 0.392. The Kier molecular flexibility index (Phi) is 4.16. The lowest BCUT2D eigenvalue weighted by Gasteiger charge is -2.03. The highest BCUT2D eigenvalue weighted by molar-refractivity contribution is 7.89. The Morgan fingerprint density at radius 3 is 2.29 bits per heavy atom. The van der Waals surface area contributed by atoms with E-state index in [1.165, 1.54) is 24.3 Å². The van der Waals surface area contributed by atoms with Crippen molar-refractivity contribution < 1.29 is 21.6 Å². The first kappa shape index (κ1) is 15.7. The molecular formula is C10H9F3N4O2S2. The van der Waals surface area contributed by atoms with Crippen LogP contribution in [0.4, 0.5) is 18.3 Å². The van der Waals surface area contributed by atoms with Gasteiger partial charge in [0.05, 0.1) is 4.90 Å². The molecule has 0 radical (unpaired) electrons. The molecular weight excluding hydrogens is 329 g/mol. The van der Waals surface area contributed by atoms with Crippen LogP contribution < -0.4 is 10.5 Å². The number of benzene rings is 1. The molecule has 6 nitrogen and oxygen atoms in total. The van der Waals surface area contributed by atoms with Crippen LogP contribution in [-0.2, 0) is 22.7 Å². The Balaban J connectivity index is 2.02. The van der Waals surface area contributed by atoms with Crippen molar-refractivity contribution in [3.63, 3.8) is 0 Å². The second-order valence-corrected chi connectivity index (χ2v) is 6.49. The van der Waals surface area contributed by atoms with Gasteiger partial charge >= 0.3 is 6.18 Å². The maximum absolute atomic E-state index is 12.3. The molecule has 0 bridgehead atoms. The number of hydrogen-bond donors (Lipinski definition) is 2. The van der Waals surface area contributed by atoms with Gasteiger partial charge in [0.1, 0.15) is 0 Å². The molecule has 0 aliphatic heterocycles. The molecule has 1 aromatic heterocycles. The zero-order valence-corrected chi connectivity index (χ0v) is 11.9. The van der Waals surface area contributed by atoms with Crippen molar-refractivity contribution in [2.24, 2.45) is 5.14 Å². The molecule has 0 saturated heterocycles. The first-order valence-electron chi connectivity index (χ1n) is 5.42. The maximum atomic E-state index is 12.3. The van der Waals surface area contributed by atoms with Crippen molar-refractivity contribution in [2.75, 3.05) is 5.32 Å². The van der Waals surface area contributed by atoms with Crippen molar-refractivity contribution in [1.82, 2.24) is 10.2 Å². The predicted octanol–water partition coefficient (Wildman–Crippen LogP) is 1.82. The van der Waals surface area contributed by atoms with Crippen LogP contribution in [0.2, 0.25) is 0 Å². The van der Waals surface area contributed by atoms with Gasteiger partial charge in [0.2, 0.25) is 20.2 Å². The van der Waals surface area contributed by atoms with Crippen LogP contribution in [0.25, 0.3) is 0 Å². The minimum atomic E-state index is -4.52. The van der Waals surface area contributed by atoms with E-state index < -0.39 is 21.2 Å². The fourth-order valence-corrected chi connectivity index (χ4v) is 2.51. The van der Waals surface area contributed by atoms with Crippen LogP contribution in [0.5, 0.6) is 0 Å². The summed E-state index contributed by atoms with van der Waals surface area (Å²) in [6, 6.07) is 5.62. The van der Waals surface area contributed by atoms with E-state index in [1.54, 1.807) is 0 Å². The highest BCUT2D eigenvalue weighted by atomic mass is 32.2. The summed E-state index contributed by atoms with van der Waals surface area (Å²) in [5, 5.41) is 13.0. The number of nitrogens with one attached hydrogen (secondary N) is 1. The van der Waals surface area contributed by atoms with Gasteiger partial charge in [-0.15, -0.1) is 10.2 Å². The Bertz CT molecular complexity index is 726. The van der Waals surface area contributed by atoms with Gasteiger partial charge in [0.15, 0.2) is 0 Å². The molecule has 0 aliphatic rings. The van der Waals surface area contributed by atoms with Crippen LogP contribution in [0.1, 0.15) is 10.6 Å². The third-order valence-corrected chi connectivity index (χ3v) is 4.22. The molecule has 1 heterocycles. The first-order chi connectivity index (χ1) is 9.66. The molecule has 2 aromatic rings. The molecule has 11 heteroatoms. The number of sulfonamides is 1. The number of hydrogen-bond acceptors (Lipinski definition) is 6. The summed E-state index contributed by atoms with van der Waals surface area (Å²) < 4.78 is 59.1. The quantitative estimate of drug-likeness (QED) is 0.886. The molecule has 0 unspecified atom stereocenters.